The Morgan fingerprint density at radius 3 is 2.79 bits per heavy atom. The first kappa shape index (κ1) is 18.8. The van der Waals surface area contributed by atoms with Crippen molar-refractivity contribution in [3.8, 4) is 0 Å². The van der Waals surface area contributed by atoms with E-state index in [1.165, 1.54) is 0 Å². The number of ether oxygens (including phenoxy) is 1. The van der Waals surface area contributed by atoms with E-state index in [1.54, 1.807) is 13.1 Å². The second kappa shape index (κ2) is 7.81. The molecule has 1 saturated heterocycles. The summed E-state index contributed by atoms with van der Waals surface area (Å²) in [5, 5.41) is 10.5. The van der Waals surface area contributed by atoms with Gasteiger partial charge in [-0.25, -0.2) is 4.99 Å². The maximum atomic E-state index is 12.3. The highest BCUT2D eigenvalue weighted by Crippen LogP contribution is 2.39. The van der Waals surface area contributed by atoms with Crippen LogP contribution in [0.1, 0.15) is 28.8 Å². The molecule has 7 heteroatoms. The van der Waals surface area contributed by atoms with Gasteiger partial charge in [-0.1, -0.05) is 29.8 Å². The Morgan fingerprint density at radius 2 is 2.04 bits per heavy atom. The largest absolute Gasteiger partial charge is 0.381 e. The molecule has 4 rings (SSSR count). The van der Waals surface area contributed by atoms with Gasteiger partial charge in [0.1, 0.15) is 11.5 Å². The minimum atomic E-state index is -0.328. The van der Waals surface area contributed by atoms with E-state index >= 15 is 0 Å². The van der Waals surface area contributed by atoms with Crippen LogP contribution in [0.15, 0.2) is 47.5 Å². The number of carbonyl (C=O) groups is 1. The number of hydrogen-bond acceptors (Lipinski definition) is 5. The molecule has 2 aromatic carbocycles. The second-order valence-corrected chi connectivity index (χ2v) is 7.48. The molecule has 6 nitrogen and oxygen atoms in total. The van der Waals surface area contributed by atoms with E-state index in [0.29, 0.717) is 36.0 Å². The summed E-state index contributed by atoms with van der Waals surface area (Å²) in [5.41, 5.74) is 2.83. The molecular formula is C21H23ClN4O2. The van der Waals surface area contributed by atoms with Gasteiger partial charge in [0.15, 0.2) is 0 Å². The number of anilines is 1. The number of nitrogens with one attached hydrogen (secondary N) is 3. The van der Waals surface area contributed by atoms with Crippen LogP contribution in [0.25, 0.3) is 0 Å². The van der Waals surface area contributed by atoms with Crippen LogP contribution >= 0.6 is 11.6 Å². The van der Waals surface area contributed by atoms with Crippen molar-refractivity contribution in [2.24, 2.45) is 4.99 Å². The van der Waals surface area contributed by atoms with Gasteiger partial charge in [0.05, 0.1) is 16.8 Å². The zero-order chi connectivity index (χ0) is 19.6. The second-order valence-electron chi connectivity index (χ2n) is 7.04. The Morgan fingerprint density at radius 1 is 1.25 bits per heavy atom. The zero-order valence-electron chi connectivity index (χ0n) is 15.7. The Bertz CT molecular complexity index is 922. The smallest absolute Gasteiger partial charge is 0.253 e. The standard InChI is InChI=1S/C21H23ClN4O2/c1-23-19(27)16-6-3-7-17-18(16)25-20(21(26-17)8-10-28-11-9-21)24-13-14-4-2-5-15(22)12-14/h2-7,12,26H,8-11,13H2,1H3,(H,23,27)(H,24,25). The third-order valence-corrected chi connectivity index (χ3v) is 5.49. The van der Waals surface area contributed by atoms with Crippen LogP contribution in [0, 0.1) is 0 Å². The number of para-hydroxylation sites is 1. The number of nitrogens with zero attached hydrogens (tertiary/aromatic N) is 1. The first-order chi connectivity index (χ1) is 13.6. The highest BCUT2D eigenvalue weighted by molar-refractivity contribution is 6.30. The molecule has 0 saturated carbocycles. The summed E-state index contributed by atoms with van der Waals surface area (Å²) in [4.78, 5) is 17.2. The van der Waals surface area contributed by atoms with Gasteiger partial charge in [-0.15, -0.1) is 0 Å². The highest BCUT2D eigenvalue weighted by Gasteiger charge is 2.41. The van der Waals surface area contributed by atoms with Crippen LogP contribution in [-0.2, 0) is 11.3 Å². The summed E-state index contributed by atoms with van der Waals surface area (Å²) in [6.45, 7) is 1.92. The van der Waals surface area contributed by atoms with Crippen LogP contribution in [0.2, 0.25) is 5.02 Å². The average Bonchev–Trinajstić information content (AvgIpc) is 2.72. The zero-order valence-corrected chi connectivity index (χ0v) is 16.5. The average molecular weight is 399 g/mol. The number of benzene rings is 2. The molecule has 1 fully saturated rings. The third-order valence-electron chi connectivity index (χ3n) is 5.25. The fourth-order valence-electron chi connectivity index (χ4n) is 3.74. The van der Waals surface area contributed by atoms with Crippen LogP contribution in [0.4, 0.5) is 11.4 Å². The van der Waals surface area contributed by atoms with Crippen molar-refractivity contribution in [1.29, 1.82) is 0 Å². The van der Waals surface area contributed by atoms with Crippen molar-refractivity contribution in [3.05, 3.63) is 58.6 Å². The maximum Gasteiger partial charge on any atom is 0.253 e. The number of hydrogen-bond donors (Lipinski definition) is 3. The molecule has 2 aliphatic rings. The monoisotopic (exact) mass is 398 g/mol. The lowest BCUT2D eigenvalue weighted by atomic mass is 9.86. The number of halogens is 1. The molecule has 0 radical (unpaired) electrons. The van der Waals surface area contributed by atoms with Crippen molar-refractivity contribution in [3.63, 3.8) is 0 Å². The van der Waals surface area contributed by atoms with Crippen molar-refractivity contribution in [2.45, 2.75) is 24.9 Å². The van der Waals surface area contributed by atoms with Crippen molar-refractivity contribution < 1.29 is 9.53 Å². The van der Waals surface area contributed by atoms with Crippen molar-refractivity contribution in [1.82, 2.24) is 10.6 Å². The first-order valence-electron chi connectivity index (χ1n) is 9.40. The number of fused-ring (bicyclic) bond motifs is 1. The maximum absolute atomic E-state index is 12.3. The SMILES string of the molecule is CNC(=O)c1cccc2c1N=C(NCc1cccc(Cl)c1)C1(CCOCC1)N2. The van der Waals surface area contributed by atoms with Crippen LogP contribution < -0.4 is 16.0 Å². The fourth-order valence-corrected chi connectivity index (χ4v) is 3.95. The highest BCUT2D eigenvalue weighted by atomic mass is 35.5. The Labute approximate surface area is 169 Å². The summed E-state index contributed by atoms with van der Waals surface area (Å²) in [6, 6.07) is 13.4. The quantitative estimate of drug-likeness (QED) is 0.739. The van der Waals surface area contributed by atoms with Crippen LogP contribution in [-0.4, -0.2) is 37.5 Å². The molecular weight excluding hydrogens is 376 g/mol. The molecule has 3 N–H and O–H groups in total. The molecule has 2 aliphatic heterocycles. The topological polar surface area (TPSA) is 74.8 Å². The van der Waals surface area contributed by atoms with E-state index in [1.807, 2.05) is 36.4 Å². The van der Waals surface area contributed by atoms with Gasteiger partial charge in [0, 0.05) is 44.7 Å². The third kappa shape index (κ3) is 3.57. The summed E-state index contributed by atoms with van der Waals surface area (Å²) in [6.07, 6.45) is 1.61. The number of rotatable bonds is 3. The predicted octanol–water partition coefficient (Wildman–Crippen LogP) is 3.49. The summed E-state index contributed by atoms with van der Waals surface area (Å²) < 4.78 is 5.59. The summed E-state index contributed by atoms with van der Waals surface area (Å²) in [5.74, 6) is 0.680. The Balaban J connectivity index is 1.71. The molecule has 28 heavy (non-hydrogen) atoms. The first-order valence-corrected chi connectivity index (χ1v) is 9.78. The molecule has 1 spiro atoms. The molecule has 0 aromatic heterocycles. The van der Waals surface area contributed by atoms with Crippen molar-refractivity contribution in [2.75, 3.05) is 25.6 Å². The molecule has 1 amide bonds. The molecule has 2 heterocycles. The summed E-state index contributed by atoms with van der Waals surface area (Å²) >= 11 is 6.12. The number of carbonyl (C=O) groups excluding carboxylic acids is 1. The van der Waals surface area contributed by atoms with E-state index in [9.17, 15) is 4.79 Å². The van der Waals surface area contributed by atoms with Gasteiger partial charge in [0.25, 0.3) is 5.91 Å². The number of aliphatic imine (C=N–C) groups is 1. The van der Waals surface area contributed by atoms with Crippen molar-refractivity contribution >= 4 is 34.7 Å². The predicted molar refractivity (Wildman–Crippen MR) is 112 cm³/mol. The normalized spacial score (nSPS) is 17.3. The van der Waals surface area contributed by atoms with Crippen LogP contribution in [0.5, 0.6) is 0 Å². The van der Waals surface area contributed by atoms with E-state index in [4.69, 9.17) is 21.3 Å². The van der Waals surface area contributed by atoms with Gasteiger partial charge in [0.2, 0.25) is 0 Å². The summed E-state index contributed by atoms with van der Waals surface area (Å²) in [7, 11) is 1.62. The fraction of sp³-hybridized carbons (Fsp3) is 0.333. The molecule has 0 aliphatic carbocycles. The van der Waals surface area contributed by atoms with Gasteiger partial charge in [-0.05, 0) is 29.8 Å². The van der Waals surface area contributed by atoms with E-state index < -0.39 is 0 Å². The number of amides is 1. The number of amidine groups is 1. The molecule has 146 valence electrons. The van der Waals surface area contributed by atoms with Crippen LogP contribution in [0.3, 0.4) is 0 Å². The Hall–Kier alpha value is -2.57. The lowest BCUT2D eigenvalue weighted by molar-refractivity contribution is 0.0770. The van der Waals surface area contributed by atoms with E-state index in [2.05, 4.69) is 16.0 Å². The lowest BCUT2D eigenvalue weighted by Crippen LogP contribution is -2.56. The lowest BCUT2D eigenvalue weighted by Gasteiger charge is -2.42. The Kier molecular flexibility index (Phi) is 5.24. The molecule has 0 unspecified atom stereocenters. The minimum Gasteiger partial charge on any atom is -0.381 e. The molecule has 0 bridgehead atoms. The minimum absolute atomic E-state index is 0.153. The van der Waals surface area contributed by atoms with E-state index in [0.717, 1.165) is 29.9 Å². The van der Waals surface area contributed by atoms with Gasteiger partial charge in [-0.3, -0.25) is 4.79 Å². The molecule has 0 atom stereocenters. The van der Waals surface area contributed by atoms with Gasteiger partial charge >= 0.3 is 0 Å². The van der Waals surface area contributed by atoms with Gasteiger partial charge in [-0.2, -0.15) is 0 Å². The van der Waals surface area contributed by atoms with Gasteiger partial charge < -0.3 is 20.7 Å². The van der Waals surface area contributed by atoms with E-state index in [-0.39, 0.29) is 11.4 Å². The molecule has 2 aromatic rings.